The highest BCUT2D eigenvalue weighted by Gasteiger charge is 2.25. The molecule has 0 spiro atoms. The molecule has 0 bridgehead atoms. The van der Waals surface area contributed by atoms with E-state index in [0.717, 1.165) is 0 Å². The number of hydrogen-bond acceptors (Lipinski definition) is 5. The molecule has 2 amide bonds. The van der Waals surface area contributed by atoms with Gasteiger partial charge in [-0.25, -0.2) is 4.98 Å². The Balaban J connectivity index is 2.84. The SMILES string of the molecule is CCN(CC)C(=O)CNC(=O)c1ccnc(Cl)c1[N+](=O)[O-]. The van der Waals surface area contributed by atoms with Crippen molar-refractivity contribution in [1.82, 2.24) is 15.2 Å². The number of carbonyl (C=O) groups is 2. The van der Waals surface area contributed by atoms with E-state index < -0.39 is 16.5 Å². The predicted molar refractivity (Wildman–Crippen MR) is 76.2 cm³/mol. The quantitative estimate of drug-likeness (QED) is 0.483. The first-order chi connectivity index (χ1) is 9.92. The highest BCUT2D eigenvalue weighted by Crippen LogP contribution is 2.25. The zero-order valence-electron chi connectivity index (χ0n) is 11.6. The summed E-state index contributed by atoms with van der Waals surface area (Å²) >= 11 is 5.62. The van der Waals surface area contributed by atoms with Crippen LogP contribution < -0.4 is 5.32 Å². The van der Waals surface area contributed by atoms with E-state index in [1.807, 2.05) is 13.8 Å². The van der Waals surface area contributed by atoms with Crippen molar-refractivity contribution in [1.29, 1.82) is 0 Å². The largest absolute Gasteiger partial charge is 0.343 e. The second kappa shape index (κ2) is 7.53. The highest BCUT2D eigenvalue weighted by atomic mass is 35.5. The number of pyridine rings is 1. The molecular formula is C12H15ClN4O4. The number of nitrogens with one attached hydrogen (secondary N) is 1. The van der Waals surface area contributed by atoms with Crippen LogP contribution in [0.4, 0.5) is 5.69 Å². The van der Waals surface area contributed by atoms with Crippen LogP contribution in [0.15, 0.2) is 12.3 Å². The summed E-state index contributed by atoms with van der Waals surface area (Å²) in [7, 11) is 0. The lowest BCUT2D eigenvalue weighted by Gasteiger charge is -2.18. The molecule has 0 unspecified atom stereocenters. The molecule has 114 valence electrons. The third kappa shape index (κ3) is 4.12. The van der Waals surface area contributed by atoms with E-state index in [4.69, 9.17) is 11.6 Å². The maximum atomic E-state index is 12.0. The number of halogens is 1. The molecule has 0 aromatic carbocycles. The molecule has 8 nitrogen and oxygen atoms in total. The molecule has 0 aliphatic heterocycles. The molecule has 0 saturated heterocycles. The lowest BCUT2D eigenvalue weighted by atomic mass is 10.2. The van der Waals surface area contributed by atoms with Gasteiger partial charge in [-0.2, -0.15) is 0 Å². The summed E-state index contributed by atoms with van der Waals surface area (Å²) in [5, 5.41) is 12.9. The molecule has 1 rings (SSSR count). The summed E-state index contributed by atoms with van der Waals surface area (Å²) in [5.41, 5.74) is -0.806. The van der Waals surface area contributed by atoms with Gasteiger partial charge in [0, 0.05) is 19.3 Å². The van der Waals surface area contributed by atoms with Crippen molar-refractivity contribution in [2.45, 2.75) is 13.8 Å². The highest BCUT2D eigenvalue weighted by molar-refractivity contribution is 6.32. The molecule has 0 atom stereocenters. The van der Waals surface area contributed by atoms with Gasteiger partial charge in [-0.05, 0) is 19.9 Å². The Bertz CT molecular complexity index is 560. The van der Waals surface area contributed by atoms with Crippen molar-refractivity contribution in [2.75, 3.05) is 19.6 Å². The molecular weight excluding hydrogens is 300 g/mol. The maximum Gasteiger partial charge on any atom is 0.319 e. The number of amides is 2. The molecule has 0 aliphatic carbocycles. The number of aromatic nitrogens is 1. The zero-order valence-corrected chi connectivity index (χ0v) is 12.4. The molecule has 21 heavy (non-hydrogen) atoms. The standard InChI is InChI=1S/C12H15ClN4O4/c1-3-16(4-2)9(18)7-15-12(19)8-5-6-14-11(13)10(8)17(20)21/h5-6H,3-4,7H2,1-2H3,(H,15,19). The summed E-state index contributed by atoms with van der Waals surface area (Å²) in [6.07, 6.45) is 1.19. The molecule has 0 fully saturated rings. The Labute approximate surface area is 126 Å². The van der Waals surface area contributed by atoms with E-state index >= 15 is 0 Å². The van der Waals surface area contributed by atoms with Gasteiger partial charge in [-0.15, -0.1) is 0 Å². The van der Waals surface area contributed by atoms with Crippen LogP contribution in [0.2, 0.25) is 5.15 Å². The normalized spacial score (nSPS) is 10.0. The molecule has 0 radical (unpaired) electrons. The molecule has 0 aliphatic rings. The minimum atomic E-state index is -0.781. The molecule has 9 heteroatoms. The van der Waals surface area contributed by atoms with Gasteiger partial charge >= 0.3 is 5.69 Å². The lowest BCUT2D eigenvalue weighted by molar-refractivity contribution is -0.385. The molecule has 0 saturated carbocycles. The van der Waals surface area contributed by atoms with E-state index in [2.05, 4.69) is 10.3 Å². The van der Waals surface area contributed by atoms with E-state index in [0.29, 0.717) is 13.1 Å². The number of nitro groups is 1. The Morgan fingerprint density at radius 3 is 2.57 bits per heavy atom. The fraction of sp³-hybridized carbons (Fsp3) is 0.417. The number of hydrogen-bond donors (Lipinski definition) is 1. The summed E-state index contributed by atoms with van der Waals surface area (Å²) < 4.78 is 0. The minimum Gasteiger partial charge on any atom is -0.343 e. The van der Waals surface area contributed by atoms with Crippen LogP contribution >= 0.6 is 11.6 Å². The first-order valence-corrected chi connectivity index (χ1v) is 6.65. The summed E-state index contributed by atoms with van der Waals surface area (Å²) in [5.74, 6) is -1.01. The summed E-state index contributed by atoms with van der Waals surface area (Å²) in [4.78, 5) is 38.9. The van der Waals surface area contributed by atoms with Gasteiger partial charge in [0.25, 0.3) is 5.91 Å². The van der Waals surface area contributed by atoms with E-state index in [1.54, 1.807) is 0 Å². The Morgan fingerprint density at radius 2 is 2.05 bits per heavy atom. The Kier molecular flexibility index (Phi) is 6.04. The van der Waals surface area contributed by atoms with Crippen molar-refractivity contribution in [2.24, 2.45) is 0 Å². The van der Waals surface area contributed by atoms with E-state index in [1.165, 1.54) is 17.2 Å². The predicted octanol–water partition coefficient (Wildman–Crippen LogP) is 1.24. The van der Waals surface area contributed by atoms with Crippen molar-refractivity contribution < 1.29 is 14.5 Å². The summed E-state index contributed by atoms with van der Waals surface area (Å²) in [6, 6.07) is 1.18. The van der Waals surface area contributed by atoms with Crippen LogP contribution in [-0.2, 0) is 4.79 Å². The van der Waals surface area contributed by atoms with Crippen molar-refractivity contribution >= 4 is 29.1 Å². The smallest absolute Gasteiger partial charge is 0.319 e. The molecule has 1 aromatic heterocycles. The Hall–Kier alpha value is -2.22. The third-order valence-electron chi connectivity index (χ3n) is 2.82. The van der Waals surface area contributed by atoms with E-state index in [-0.39, 0.29) is 23.2 Å². The van der Waals surface area contributed by atoms with Gasteiger partial charge in [0.2, 0.25) is 11.1 Å². The first-order valence-electron chi connectivity index (χ1n) is 6.27. The molecule has 1 heterocycles. The third-order valence-corrected chi connectivity index (χ3v) is 3.10. The average molecular weight is 315 g/mol. The second-order valence-electron chi connectivity index (χ2n) is 4.00. The van der Waals surface area contributed by atoms with Crippen LogP contribution in [0, 0.1) is 10.1 Å². The summed E-state index contributed by atoms with van der Waals surface area (Å²) in [6.45, 7) is 4.43. The number of likely N-dealkylation sites (N-methyl/N-ethyl adjacent to an activating group) is 1. The van der Waals surface area contributed by atoms with Gasteiger partial charge in [0.15, 0.2) is 0 Å². The monoisotopic (exact) mass is 314 g/mol. The van der Waals surface area contributed by atoms with Gasteiger partial charge in [0.05, 0.1) is 11.5 Å². The molecule has 1 aromatic rings. The maximum absolute atomic E-state index is 12.0. The fourth-order valence-electron chi connectivity index (χ4n) is 1.72. The van der Waals surface area contributed by atoms with Gasteiger partial charge < -0.3 is 10.2 Å². The van der Waals surface area contributed by atoms with Crippen LogP contribution in [0.1, 0.15) is 24.2 Å². The molecule has 1 N–H and O–H groups in total. The van der Waals surface area contributed by atoms with Crippen LogP contribution in [0.3, 0.4) is 0 Å². The van der Waals surface area contributed by atoms with Gasteiger partial charge in [-0.3, -0.25) is 19.7 Å². The van der Waals surface area contributed by atoms with Crippen molar-refractivity contribution in [3.8, 4) is 0 Å². The van der Waals surface area contributed by atoms with Crippen LogP contribution in [-0.4, -0.2) is 46.3 Å². The number of carbonyl (C=O) groups excluding carboxylic acids is 2. The first kappa shape index (κ1) is 16.8. The lowest BCUT2D eigenvalue weighted by Crippen LogP contribution is -2.40. The number of nitrogens with zero attached hydrogens (tertiary/aromatic N) is 3. The van der Waals surface area contributed by atoms with Crippen molar-refractivity contribution in [3.05, 3.63) is 33.1 Å². The topological polar surface area (TPSA) is 105 Å². The van der Waals surface area contributed by atoms with Crippen LogP contribution in [0.5, 0.6) is 0 Å². The average Bonchev–Trinajstić information content (AvgIpc) is 2.45. The second-order valence-corrected chi connectivity index (χ2v) is 4.36. The fourth-order valence-corrected chi connectivity index (χ4v) is 1.95. The van der Waals surface area contributed by atoms with Gasteiger partial charge in [0.1, 0.15) is 5.56 Å². The van der Waals surface area contributed by atoms with Crippen molar-refractivity contribution in [3.63, 3.8) is 0 Å². The minimum absolute atomic E-state index is 0.229. The number of rotatable bonds is 6. The zero-order chi connectivity index (χ0) is 16.0. The van der Waals surface area contributed by atoms with Gasteiger partial charge in [-0.1, -0.05) is 11.6 Å². The van der Waals surface area contributed by atoms with E-state index in [9.17, 15) is 19.7 Å². The van der Waals surface area contributed by atoms with Crippen LogP contribution in [0.25, 0.3) is 0 Å². The Morgan fingerprint density at radius 1 is 1.43 bits per heavy atom.